The van der Waals surface area contributed by atoms with Crippen LogP contribution in [0, 0.1) is 0 Å². The first-order valence-corrected chi connectivity index (χ1v) is 5.86. The van der Waals surface area contributed by atoms with E-state index in [2.05, 4.69) is 5.32 Å². The van der Waals surface area contributed by atoms with E-state index < -0.39 is 0 Å². The minimum Gasteiger partial charge on any atom is -0.495 e. The monoisotopic (exact) mass is 241 g/mol. The maximum Gasteiger partial charge on any atom is 0.142 e. The number of methoxy groups -OCH3 is 1. The summed E-state index contributed by atoms with van der Waals surface area (Å²) in [4.78, 5) is 0. The van der Waals surface area contributed by atoms with Crippen molar-refractivity contribution >= 4 is 17.3 Å². The quantitative estimate of drug-likeness (QED) is 0.855. The van der Waals surface area contributed by atoms with Gasteiger partial charge in [-0.1, -0.05) is 11.6 Å². The highest BCUT2D eigenvalue weighted by Gasteiger charge is 2.25. The standard InChI is InChI=1S/C12H16ClNO2/c1-16-12-6-5-8(13)7-10(12)14-9-3-2-4-11(9)15/h5-7,9,11,14-15H,2-4H2,1H3. The van der Waals surface area contributed by atoms with Gasteiger partial charge in [0.2, 0.25) is 0 Å². The fourth-order valence-corrected chi connectivity index (χ4v) is 2.27. The topological polar surface area (TPSA) is 41.5 Å². The van der Waals surface area contributed by atoms with Crippen LogP contribution in [-0.2, 0) is 0 Å². The third kappa shape index (κ3) is 2.42. The van der Waals surface area contributed by atoms with Gasteiger partial charge in [-0.25, -0.2) is 0 Å². The second-order valence-electron chi connectivity index (χ2n) is 4.09. The van der Waals surface area contributed by atoms with Crippen molar-refractivity contribution in [2.75, 3.05) is 12.4 Å². The molecule has 1 aliphatic carbocycles. The lowest BCUT2D eigenvalue weighted by Crippen LogP contribution is -2.28. The molecular weight excluding hydrogens is 226 g/mol. The van der Waals surface area contributed by atoms with E-state index in [1.165, 1.54) is 0 Å². The average molecular weight is 242 g/mol. The van der Waals surface area contributed by atoms with Gasteiger partial charge in [0.25, 0.3) is 0 Å². The molecule has 1 aromatic rings. The minimum atomic E-state index is -0.274. The molecule has 1 fully saturated rings. The van der Waals surface area contributed by atoms with Crippen molar-refractivity contribution in [2.45, 2.75) is 31.4 Å². The van der Waals surface area contributed by atoms with Crippen LogP contribution in [0.3, 0.4) is 0 Å². The van der Waals surface area contributed by atoms with Crippen LogP contribution in [0.1, 0.15) is 19.3 Å². The molecule has 3 nitrogen and oxygen atoms in total. The Morgan fingerprint density at radius 2 is 2.25 bits per heavy atom. The van der Waals surface area contributed by atoms with Gasteiger partial charge in [0.1, 0.15) is 5.75 Å². The zero-order valence-corrected chi connectivity index (χ0v) is 10.00. The predicted octanol–water partition coefficient (Wildman–Crippen LogP) is 2.67. The van der Waals surface area contributed by atoms with Gasteiger partial charge < -0.3 is 15.2 Å². The van der Waals surface area contributed by atoms with E-state index in [4.69, 9.17) is 16.3 Å². The number of halogens is 1. The highest BCUT2D eigenvalue weighted by Crippen LogP contribution is 2.31. The molecule has 1 saturated carbocycles. The molecule has 88 valence electrons. The lowest BCUT2D eigenvalue weighted by Gasteiger charge is -2.19. The van der Waals surface area contributed by atoms with Crippen molar-refractivity contribution in [3.8, 4) is 5.75 Å². The molecule has 2 atom stereocenters. The van der Waals surface area contributed by atoms with E-state index >= 15 is 0 Å². The summed E-state index contributed by atoms with van der Waals surface area (Å²) in [7, 11) is 1.62. The van der Waals surface area contributed by atoms with Gasteiger partial charge in [0, 0.05) is 5.02 Å². The molecule has 1 aromatic carbocycles. The Bertz CT molecular complexity index is 370. The number of ether oxygens (including phenoxy) is 1. The molecule has 0 heterocycles. The van der Waals surface area contributed by atoms with Crippen molar-refractivity contribution in [3.05, 3.63) is 23.2 Å². The van der Waals surface area contributed by atoms with Crippen LogP contribution in [0.2, 0.25) is 5.02 Å². The second-order valence-corrected chi connectivity index (χ2v) is 4.53. The number of benzene rings is 1. The van der Waals surface area contributed by atoms with Crippen LogP contribution in [0.25, 0.3) is 0 Å². The molecule has 0 amide bonds. The number of anilines is 1. The SMILES string of the molecule is COc1ccc(Cl)cc1NC1CCCC1O. The lowest BCUT2D eigenvalue weighted by atomic mass is 10.2. The molecule has 1 aliphatic rings. The predicted molar refractivity (Wildman–Crippen MR) is 65.3 cm³/mol. The maximum atomic E-state index is 9.75. The lowest BCUT2D eigenvalue weighted by molar-refractivity contribution is 0.171. The first-order valence-electron chi connectivity index (χ1n) is 5.49. The highest BCUT2D eigenvalue weighted by atomic mass is 35.5. The average Bonchev–Trinajstić information content (AvgIpc) is 2.65. The van der Waals surface area contributed by atoms with Crippen LogP contribution in [0.15, 0.2) is 18.2 Å². The van der Waals surface area contributed by atoms with Crippen molar-refractivity contribution in [1.29, 1.82) is 0 Å². The van der Waals surface area contributed by atoms with E-state index in [0.29, 0.717) is 5.02 Å². The number of hydrogen-bond donors (Lipinski definition) is 2. The number of rotatable bonds is 3. The number of hydrogen-bond acceptors (Lipinski definition) is 3. The number of aliphatic hydroxyl groups excluding tert-OH is 1. The van der Waals surface area contributed by atoms with Gasteiger partial charge in [-0.15, -0.1) is 0 Å². The largest absolute Gasteiger partial charge is 0.495 e. The summed E-state index contributed by atoms with van der Waals surface area (Å²) in [5.74, 6) is 0.753. The fraction of sp³-hybridized carbons (Fsp3) is 0.500. The zero-order valence-electron chi connectivity index (χ0n) is 9.24. The minimum absolute atomic E-state index is 0.104. The van der Waals surface area contributed by atoms with Crippen LogP contribution in [0.4, 0.5) is 5.69 Å². The van der Waals surface area contributed by atoms with Crippen LogP contribution in [0.5, 0.6) is 5.75 Å². The van der Waals surface area contributed by atoms with Crippen LogP contribution in [-0.4, -0.2) is 24.4 Å². The van der Waals surface area contributed by atoms with Crippen molar-refractivity contribution in [1.82, 2.24) is 0 Å². The van der Waals surface area contributed by atoms with Crippen molar-refractivity contribution in [3.63, 3.8) is 0 Å². The molecule has 16 heavy (non-hydrogen) atoms. The molecule has 0 spiro atoms. The maximum absolute atomic E-state index is 9.75. The molecule has 0 bridgehead atoms. The Hall–Kier alpha value is -0.930. The van der Waals surface area contributed by atoms with Gasteiger partial charge in [-0.05, 0) is 37.5 Å². The first kappa shape index (κ1) is 11.6. The molecule has 0 radical (unpaired) electrons. The normalized spacial score (nSPS) is 24.4. The van der Waals surface area contributed by atoms with Gasteiger partial charge >= 0.3 is 0 Å². The Morgan fingerprint density at radius 1 is 1.44 bits per heavy atom. The second kappa shape index (κ2) is 4.93. The molecule has 0 saturated heterocycles. The van der Waals surface area contributed by atoms with E-state index in [0.717, 1.165) is 30.7 Å². The summed E-state index contributed by atoms with van der Waals surface area (Å²) in [6.45, 7) is 0. The molecule has 0 aliphatic heterocycles. The van der Waals surface area contributed by atoms with E-state index in [1.807, 2.05) is 12.1 Å². The Kier molecular flexibility index (Phi) is 3.56. The number of aliphatic hydroxyl groups is 1. The van der Waals surface area contributed by atoms with Crippen LogP contribution >= 0.6 is 11.6 Å². The van der Waals surface area contributed by atoms with Gasteiger partial charge in [-0.3, -0.25) is 0 Å². The first-order chi connectivity index (χ1) is 7.70. The van der Waals surface area contributed by atoms with Crippen molar-refractivity contribution < 1.29 is 9.84 Å². The van der Waals surface area contributed by atoms with Gasteiger partial charge in [0.05, 0.1) is 24.9 Å². The third-order valence-corrected chi connectivity index (χ3v) is 3.22. The van der Waals surface area contributed by atoms with E-state index in [9.17, 15) is 5.11 Å². The Morgan fingerprint density at radius 3 is 2.88 bits per heavy atom. The Labute approximate surface area is 100 Å². The molecule has 4 heteroatoms. The van der Waals surface area contributed by atoms with E-state index in [-0.39, 0.29) is 12.1 Å². The fourth-order valence-electron chi connectivity index (χ4n) is 2.10. The summed E-state index contributed by atoms with van der Waals surface area (Å²) in [6.07, 6.45) is 2.63. The molecule has 2 unspecified atom stereocenters. The molecule has 2 N–H and O–H groups in total. The molecular formula is C12H16ClNO2. The van der Waals surface area contributed by atoms with Gasteiger partial charge in [0.15, 0.2) is 0 Å². The highest BCUT2D eigenvalue weighted by molar-refractivity contribution is 6.30. The zero-order chi connectivity index (χ0) is 11.5. The molecule has 0 aromatic heterocycles. The molecule has 2 rings (SSSR count). The summed E-state index contributed by atoms with van der Waals surface area (Å²) in [6, 6.07) is 5.54. The van der Waals surface area contributed by atoms with Gasteiger partial charge in [-0.2, -0.15) is 0 Å². The Balaban J connectivity index is 2.16. The number of nitrogens with one attached hydrogen (secondary N) is 1. The summed E-state index contributed by atoms with van der Waals surface area (Å²) >= 11 is 5.94. The van der Waals surface area contributed by atoms with E-state index in [1.54, 1.807) is 13.2 Å². The smallest absolute Gasteiger partial charge is 0.142 e. The van der Waals surface area contributed by atoms with Crippen LogP contribution < -0.4 is 10.1 Å². The van der Waals surface area contributed by atoms with Crippen molar-refractivity contribution in [2.24, 2.45) is 0 Å². The summed E-state index contributed by atoms with van der Waals surface area (Å²) in [5, 5.41) is 13.7. The summed E-state index contributed by atoms with van der Waals surface area (Å²) in [5.41, 5.74) is 0.848. The third-order valence-electron chi connectivity index (χ3n) is 2.98. The summed E-state index contributed by atoms with van der Waals surface area (Å²) < 4.78 is 5.24.